The lowest BCUT2D eigenvalue weighted by Gasteiger charge is -2.31. The van der Waals surface area contributed by atoms with E-state index < -0.39 is 18.1 Å². The molecule has 352 valence electrons. The summed E-state index contributed by atoms with van der Waals surface area (Å²) in [6.07, 6.45) is 3.73. The van der Waals surface area contributed by atoms with E-state index in [2.05, 4.69) is 83.3 Å². The van der Waals surface area contributed by atoms with Crippen molar-refractivity contribution in [1.82, 2.24) is 30.7 Å². The largest absolute Gasteiger partial charge is 0.329 e. The molecule has 13 nitrogen and oxygen atoms in total. The van der Waals surface area contributed by atoms with E-state index in [-0.39, 0.29) is 57.6 Å². The van der Waals surface area contributed by atoms with Gasteiger partial charge in [-0.3, -0.25) is 38.5 Å². The quantitative estimate of drug-likeness (QED) is 0.226. The lowest BCUT2D eigenvalue weighted by Crippen LogP contribution is -2.51. The van der Waals surface area contributed by atoms with Gasteiger partial charge in [-0.25, -0.2) is 0 Å². The molecule has 9 rings (SSSR count). The van der Waals surface area contributed by atoms with Gasteiger partial charge >= 0.3 is 0 Å². The molecule has 0 spiro atoms. The lowest BCUT2D eigenvalue weighted by atomic mass is 9.82. The van der Waals surface area contributed by atoms with Crippen LogP contribution in [-0.4, -0.2) is 74.2 Å². The number of carbonyl (C=O) groups excluding carboxylic acids is 7. The molecule has 3 N–H and O–H groups in total. The van der Waals surface area contributed by atoms with Crippen molar-refractivity contribution in [3.8, 4) is 0 Å². The molecule has 0 saturated carbocycles. The summed E-state index contributed by atoms with van der Waals surface area (Å²) in [5.41, 5.74) is 9.21. The first-order valence-electron chi connectivity index (χ1n) is 23.1. The average molecular weight is 909 g/mol. The fourth-order valence-electron chi connectivity index (χ4n) is 9.91. The fourth-order valence-corrected chi connectivity index (χ4v) is 9.91. The molecular weight excluding hydrogens is 845 g/mol. The second kappa shape index (κ2) is 17.9. The van der Waals surface area contributed by atoms with Crippen LogP contribution in [0.5, 0.6) is 0 Å². The zero-order chi connectivity index (χ0) is 49.1. The molecule has 3 aromatic rings. The Kier molecular flexibility index (Phi) is 12.9. The molecular formula is C54H64N6O7. The van der Waals surface area contributed by atoms with E-state index in [1.165, 1.54) is 5.56 Å². The van der Waals surface area contributed by atoms with Crippen LogP contribution in [0.4, 0.5) is 0 Å². The summed E-state index contributed by atoms with van der Waals surface area (Å²) in [6.45, 7) is 31.1. The van der Waals surface area contributed by atoms with Crippen LogP contribution in [0.15, 0.2) is 91.4 Å². The van der Waals surface area contributed by atoms with E-state index in [0.29, 0.717) is 55.6 Å². The van der Waals surface area contributed by atoms with Gasteiger partial charge in [-0.2, -0.15) is 0 Å². The first-order valence-corrected chi connectivity index (χ1v) is 23.1. The number of fused-ring (bicyclic) bond motifs is 3. The van der Waals surface area contributed by atoms with Gasteiger partial charge in [-0.05, 0) is 94.7 Å². The van der Waals surface area contributed by atoms with Crippen molar-refractivity contribution in [1.29, 1.82) is 0 Å². The average Bonchev–Trinajstić information content (AvgIpc) is 3.84. The molecule has 0 aliphatic carbocycles. The summed E-state index contributed by atoms with van der Waals surface area (Å²) in [6, 6.07) is 15.7. The van der Waals surface area contributed by atoms with Gasteiger partial charge in [0, 0.05) is 41.3 Å². The number of allylic oxidation sites excluding steroid dienone is 3. The fraction of sp³-hybridized carbons (Fsp3) is 0.426. The summed E-state index contributed by atoms with van der Waals surface area (Å²) < 4.78 is 0. The summed E-state index contributed by atoms with van der Waals surface area (Å²) in [4.78, 5) is 92.4. The van der Waals surface area contributed by atoms with Gasteiger partial charge in [-0.15, -0.1) is 0 Å². The Labute approximate surface area is 394 Å². The number of benzene rings is 3. The number of imide groups is 1. The summed E-state index contributed by atoms with van der Waals surface area (Å²) in [5.74, 6) is -1.38. The van der Waals surface area contributed by atoms with Gasteiger partial charge in [0.1, 0.15) is 18.1 Å². The SMILES string of the molecule is C=C1CCC(N2C(=O)c3cccc(C(C)(C)C)c3C2=O)C(=O)N1.C=C1CCC(N2Cc3c(cccc3C(C)(C)C)C2=O)C(=O)N1.C=C1CCC(N2Cc3cccc(C(C)(C)C)c3C2=O)C(=O)N1. The molecule has 3 unspecified atom stereocenters. The molecule has 6 aliphatic heterocycles. The Balaban J connectivity index is 0.000000149. The van der Waals surface area contributed by atoms with Gasteiger partial charge < -0.3 is 25.8 Å². The highest BCUT2D eigenvalue weighted by Gasteiger charge is 2.46. The number of nitrogens with zero attached hydrogens (tertiary/aromatic N) is 3. The molecule has 3 atom stereocenters. The van der Waals surface area contributed by atoms with Crippen molar-refractivity contribution in [3.63, 3.8) is 0 Å². The summed E-state index contributed by atoms with van der Waals surface area (Å²) in [7, 11) is 0. The maximum atomic E-state index is 12.9. The monoisotopic (exact) mass is 908 g/mol. The zero-order valence-electron chi connectivity index (χ0n) is 40.4. The van der Waals surface area contributed by atoms with Gasteiger partial charge in [0.2, 0.25) is 17.7 Å². The first kappa shape index (κ1) is 48.3. The summed E-state index contributed by atoms with van der Waals surface area (Å²) in [5, 5.41) is 8.18. The number of rotatable bonds is 3. The molecule has 67 heavy (non-hydrogen) atoms. The highest BCUT2D eigenvalue weighted by Crippen LogP contribution is 2.38. The van der Waals surface area contributed by atoms with E-state index in [0.717, 1.165) is 62.5 Å². The van der Waals surface area contributed by atoms with Crippen LogP contribution >= 0.6 is 0 Å². The molecule has 3 aromatic carbocycles. The van der Waals surface area contributed by atoms with E-state index in [1.54, 1.807) is 21.9 Å². The number of amides is 7. The zero-order valence-corrected chi connectivity index (χ0v) is 40.4. The number of carbonyl (C=O) groups is 7. The predicted molar refractivity (Wildman–Crippen MR) is 257 cm³/mol. The van der Waals surface area contributed by atoms with Crippen LogP contribution in [0, 0.1) is 0 Å². The highest BCUT2D eigenvalue weighted by atomic mass is 16.2. The van der Waals surface area contributed by atoms with Crippen LogP contribution in [0.25, 0.3) is 0 Å². The number of piperidine rings is 3. The molecule has 0 bridgehead atoms. The van der Waals surface area contributed by atoms with Crippen molar-refractivity contribution in [2.24, 2.45) is 0 Å². The second-order valence-corrected chi connectivity index (χ2v) is 21.4. The van der Waals surface area contributed by atoms with E-state index in [4.69, 9.17) is 0 Å². The minimum atomic E-state index is -0.763. The Bertz CT molecular complexity index is 2620. The molecule has 7 amide bonds. The first-order chi connectivity index (χ1) is 31.3. The second-order valence-electron chi connectivity index (χ2n) is 21.4. The number of hydrogen-bond acceptors (Lipinski definition) is 7. The minimum Gasteiger partial charge on any atom is -0.329 e. The smallest absolute Gasteiger partial charge is 0.262 e. The maximum Gasteiger partial charge on any atom is 0.262 e. The van der Waals surface area contributed by atoms with E-state index >= 15 is 0 Å². The Morgan fingerprint density at radius 1 is 0.463 bits per heavy atom. The van der Waals surface area contributed by atoms with Gasteiger partial charge in [0.15, 0.2) is 0 Å². The Hall–Kier alpha value is -6.63. The molecule has 13 heteroatoms. The van der Waals surface area contributed by atoms with Crippen molar-refractivity contribution in [2.75, 3.05) is 0 Å². The molecule has 0 radical (unpaired) electrons. The third-order valence-electron chi connectivity index (χ3n) is 13.4. The molecule has 3 saturated heterocycles. The molecule has 3 fully saturated rings. The van der Waals surface area contributed by atoms with Crippen molar-refractivity contribution in [3.05, 3.63) is 141 Å². The van der Waals surface area contributed by atoms with Crippen LogP contribution in [0.2, 0.25) is 0 Å². The predicted octanol–water partition coefficient (Wildman–Crippen LogP) is 7.84. The highest BCUT2D eigenvalue weighted by molar-refractivity contribution is 6.23. The molecule has 6 heterocycles. The lowest BCUT2D eigenvalue weighted by molar-refractivity contribution is -0.127. The normalized spacial score (nSPS) is 21.7. The number of hydrogen-bond donors (Lipinski definition) is 3. The van der Waals surface area contributed by atoms with Crippen LogP contribution in [0.1, 0.15) is 170 Å². The van der Waals surface area contributed by atoms with Crippen LogP contribution in [0.3, 0.4) is 0 Å². The summed E-state index contributed by atoms with van der Waals surface area (Å²) >= 11 is 0. The van der Waals surface area contributed by atoms with Gasteiger partial charge in [0.05, 0.1) is 11.1 Å². The van der Waals surface area contributed by atoms with Crippen LogP contribution in [-0.2, 0) is 43.7 Å². The van der Waals surface area contributed by atoms with E-state index in [9.17, 15) is 33.6 Å². The van der Waals surface area contributed by atoms with Gasteiger partial charge in [-0.1, -0.05) is 125 Å². The Morgan fingerprint density at radius 3 is 1.36 bits per heavy atom. The number of nitrogens with one attached hydrogen (secondary N) is 3. The van der Waals surface area contributed by atoms with Crippen LogP contribution < -0.4 is 16.0 Å². The Morgan fingerprint density at radius 2 is 0.881 bits per heavy atom. The van der Waals surface area contributed by atoms with Crippen molar-refractivity contribution in [2.45, 2.75) is 148 Å². The standard InChI is InChI=1S/C18H20N2O3.2C18H22N2O2/c1-10-8-9-13(15(21)19-10)20-16(22)11-6-5-7-12(18(2,3)4)14(11)17(20)23;1-11-8-9-15(16(21)19-11)20-10-13-12(17(20)22)6-5-7-14(13)18(2,3)4;1-11-8-9-14(16(21)19-11)20-10-12-6-5-7-13(18(2,3)4)15(12)17(20)22/h5-7,13H,1,8-9H2,2-4H3,(H,19,21);5-7,15H,1,8-10H2,2-4H3,(H,19,21);5-7,14H,1,8-10H2,2-4H3,(H,19,21). The third kappa shape index (κ3) is 9.38. The minimum absolute atomic E-state index is 0.0202. The third-order valence-corrected chi connectivity index (χ3v) is 13.4. The molecule has 6 aliphatic rings. The maximum absolute atomic E-state index is 12.9. The van der Waals surface area contributed by atoms with Crippen molar-refractivity contribution >= 4 is 41.4 Å². The van der Waals surface area contributed by atoms with Crippen molar-refractivity contribution < 1.29 is 33.6 Å². The topological polar surface area (TPSA) is 165 Å². The van der Waals surface area contributed by atoms with E-state index in [1.807, 2.05) is 57.2 Å². The molecule has 0 aromatic heterocycles. The van der Waals surface area contributed by atoms with Gasteiger partial charge in [0.25, 0.3) is 23.6 Å².